The lowest BCUT2D eigenvalue weighted by atomic mass is 9.91. The molecule has 1 fully saturated rings. The Bertz CT molecular complexity index is 1680. The van der Waals surface area contributed by atoms with E-state index in [0.29, 0.717) is 48.0 Å². The van der Waals surface area contributed by atoms with E-state index < -0.39 is 23.9 Å². The summed E-state index contributed by atoms with van der Waals surface area (Å²) in [6.45, 7) is 10.3. The summed E-state index contributed by atoms with van der Waals surface area (Å²) >= 11 is 0. The number of ether oxygens (including phenoxy) is 4. The van der Waals surface area contributed by atoms with Gasteiger partial charge in [-0.3, -0.25) is 0 Å². The lowest BCUT2D eigenvalue weighted by Gasteiger charge is -2.37. The summed E-state index contributed by atoms with van der Waals surface area (Å²) in [4.78, 5) is 46.4. The highest BCUT2D eigenvalue weighted by Crippen LogP contribution is 2.37. The molecule has 0 radical (unpaired) electrons. The number of hydrogen-bond donors (Lipinski definition) is 0. The molecule has 12 heteroatoms. The number of anilines is 2. The summed E-state index contributed by atoms with van der Waals surface area (Å²) in [5.41, 5.74) is 1.56. The van der Waals surface area contributed by atoms with E-state index >= 15 is 0 Å². The first kappa shape index (κ1) is 33.2. The Kier molecular flexibility index (Phi) is 10.3. The highest BCUT2D eigenvalue weighted by molar-refractivity contribution is 5.96. The Morgan fingerprint density at radius 3 is 2.49 bits per heavy atom. The van der Waals surface area contributed by atoms with Gasteiger partial charge in [0.25, 0.3) is 0 Å². The molecular weight excluding hydrogens is 602 g/mol. The SMILES string of the molecule is CCOc1ccc(N(C(=O)OC(C)(C)C)c2c(C)c(O[C@@H]3CN(C(=O)OCc4ccccc4)CC[C@H]3CC=O)nc3ccnn23)cc1. The number of likely N-dealkylation sites (tertiary alicyclic amines) is 1. The van der Waals surface area contributed by atoms with Crippen LogP contribution in [0.15, 0.2) is 66.9 Å². The van der Waals surface area contributed by atoms with Gasteiger partial charge in [-0.15, -0.1) is 0 Å². The van der Waals surface area contributed by atoms with Crippen LogP contribution in [0.25, 0.3) is 5.65 Å². The zero-order valence-corrected chi connectivity index (χ0v) is 27.4. The van der Waals surface area contributed by atoms with Crippen LogP contribution in [0.3, 0.4) is 0 Å². The van der Waals surface area contributed by atoms with Gasteiger partial charge >= 0.3 is 12.2 Å². The lowest BCUT2D eigenvalue weighted by Crippen LogP contribution is -2.49. The van der Waals surface area contributed by atoms with Crippen molar-refractivity contribution in [3.63, 3.8) is 0 Å². The predicted octanol–water partition coefficient (Wildman–Crippen LogP) is 6.50. The molecule has 0 N–H and O–H groups in total. The number of fused-ring (bicyclic) bond motifs is 1. The second-order valence-corrected chi connectivity index (χ2v) is 12.3. The number of benzene rings is 2. The summed E-state index contributed by atoms with van der Waals surface area (Å²) < 4.78 is 25.2. The lowest BCUT2D eigenvalue weighted by molar-refractivity contribution is -0.110. The van der Waals surface area contributed by atoms with Crippen LogP contribution in [0.1, 0.15) is 51.7 Å². The minimum absolute atomic E-state index is 0.146. The molecule has 1 saturated heterocycles. The summed E-state index contributed by atoms with van der Waals surface area (Å²) in [7, 11) is 0. The van der Waals surface area contributed by atoms with E-state index in [1.807, 2.05) is 37.3 Å². The van der Waals surface area contributed by atoms with Crippen LogP contribution in [0.2, 0.25) is 0 Å². The Morgan fingerprint density at radius 2 is 1.81 bits per heavy atom. The molecule has 248 valence electrons. The number of nitrogens with zero attached hydrogens (tertiary/aromatic N) is 5. The second kappa shape index (κ2) is 14.5. The minimum Gasteiger partial charge on any atom is -0.494 e. The maximum atomic E-state index is 13.9. The van der Waals surface area contributed by atoms with Gasteiger partial charge in [-0.25, -0.2) is 14.5 Å². The Balaban J connectivity index is 1.49. The highest BCUT2D eigenvalue weighted by atomic mass is 16.6. The second-order valence-electron chi connectivity index (χ2n) is 12.3. The molecule has 2 amide bonds. The normalized spacial score (nSPS) is 16.4. The average molecular weight is 644 g/mol. The van der Waals surface area contributed by atoms with Crippen LogP contribution in [-0.4, -0.2) is 69.4 Å². The van der Waals surface area contributed by atoms with Crippen molar-refractivity contribution >= 4 is 35.6 Å². The number of hydrogen-bond acceptors (Lipinski definition) is 9. The predicted molar refractivity (Wildman–Crippen MR) is 175 cm³/mol. The average Bonchev–Trinajstić information content (AvgIpc) is 3.51. The third-order valence-corrected chi connectivity index (χ3v) is 7.71. The zero-order valence-electron chi connectivity index (χ0n) is 27.4. The number of aromatic nitrogens is 3. The van der Waals surface area contributed by atoms with E-state index in [1.54, 1.807) is 73.6 Å². The molecule has 3 heterocycles. The molecule has 47 heavy (non-hydrogen) atoms. The van der Waals surface area contributed by atoms with Gasteiger partial charge in [-0.05, 0) is 70.9 Å². The van der Waals surface area contributed by atoms with Gasteiger partial charge < -0.3 is 28.6 Å². The van der Waals surface area contributed by atoms with Crippen LogP contribution in [0.5, 0.6) is 11.6 Å². The molecule has 1 aliphatic rings. The molecule has 0 aliphatic carbocycles. The molecule has 2 aromatic heterocycles. The van der Waals surface area contributed by atoms with Crippen LogP contribution in [0, 0.1) is 12.8 Å². The van der Waals surface area contributed by atoms with Crippen molar-refractivity contribution in [2.45, 2.75) is 65.8 Å². The van der Waals surface area contributed by atoms with E-state index in [0.717, 1.165) is 11.8 Å². The molecule has 0 saturated carbocycles. The number of rotatable bonds is 10. The Morgan fingerprint density at radius 1 is 1.06 bits per heavy atom. The third kappa shape index (κ3) is 8.00. The van der Waals surface area contributed by atoms with Crippen molar-refractivity contribution in [1.82, 2.24) is 19.5 Å². The summed E-state index contributed by atoms with van der Waals surface area (Å²) in [6.07, 6.45) is 1.60. The largest absolute Gasteiger partial charge is 0.494 e. The van der Waals surface area contributed by atoms with E-state index in [1.165, 1.54) is 4.90 Å². The van der Waals surface area contributed by atoms with E-state index in [-0.39, 0.29) is 31.4 Å². The number of aldehydes is 1. The Hall–Kier alpha value is -5.13. The molecule has 0 bridgehead atoms. The van der Waals surface area contributed by atoms with Crippen LogP contribution < -0.4 is 14.4 Å². The monoisotopic (exact) mass is 643 g/mol. The standard InChI is InChI=1S/C35H41N5O7/c1-6-44-28-14-12-27(13-15-28)39(34(43)47-35(3,4)5)32-24(2)31(37-30-16-19-36-40(30)32)46-29-22-38(20-17-26(29)18-21-41)33(42)45-23-25-10-8-7-9-11-25/h7-16,19,21,26,29H,6,17-18,20,22-23H2,1-5H3/t26-,29+/m0/s1. The van der Waals surface area contributed by atoms with Gasteiger partial charge in [0.15, 0.2) is 11.5 Å². The maximum Gasteiger partial charge on any atom is 0.420 e. The fourth-order valence-corrected chi connectivity index (χ4v) is 5.46. The molecule has 4 aromatic rings. The van der Waals surface area contributed by atoms with Crippen molar-refractivity contribution in [2.24, 2.45) is 5.92 Å². The molecule has 2 aromatic carbocycles. The molecule has 2 atom stereocenters. The molecule has 1 aliphatic heterocycles. The van der Waals surface area contributed by atoms with Crippen LogP contribution in [-0.2, 0) is 20.9 Å². The van der Waals surface area contributed by atoms with E-state index in [2.05, 4.69) is 5.10 Å². The van der Waals surface area contributed by atoms with Crippen LogP contribution in [0.4, 0.5) is 21.1 Å². The molecule has 12 nitrogen and oxygen atoms in total. The van der Waals surface area contributed by atoms with Gasteiger partial charge in [0, 0.05) is 24.9 Å². The fraction of sp³-hybridized carbons (Fsp3) is 0.400. The molecule has 0 unspecified atom stereocenters. The van der Waals surface area contributed by atoms with Gasteiger partial charge in [0.2, 0.25) is 5.88 Å². The summed E-state index contributed by atoms with van der Waals surface area (Å²) in [6, 6.07) is 18.3. The molecular formula is C35H41N5O7. The number of amides is 2. The third-order valence-electron chi connectivity index (χ3n) is 7.71. The minimum atomic E-state index is -0.785. The van der Waals surface area contributed by atoms with E-state index in [4.69, 9.17) is 23.9 Å². The van der Waals surface area contributed by atoms with Crippen molar-refractivity contribution in [3.8, 4) is 11.6 Å². The van der Waals surface area contributed by atoms with Gasteiger partial charge in [0.05, 0.1) is 30.6 Å². The topological polar surface area (TPSA) is 125 Å². The van der Waals surface area contributed by atoms with Crippen molar-refractivity contribution < 1.29 is 33.3 Å². The van der Waals surface area contributed by atoms with Crippen molar-refractivity contribution in [3.05, 3.63) is 78.0 Å². The van der Waals surface area contributed by atoms with Crippen LogP contribution >= 0.6 is 0 Å². The quantitative estimate of drug-likeness (QED) is 0.178. The van der Waals surface area contributed by atoms with Gasteiger partial charge in [-0.1, -0.05) is 30.3 Å². The number of piperidine rings is 1. The summed E-state index contributed by atoms with van der Waals surface area (Å²) in [5.74, 6) is 1.11. The smallest absolute Gasteiger partial charge is 0.420 e. The zero-order chi connectivity index (χ0) is 33.6. The van der Waals surface area contributed by atoms with Crippen molar-refractivity contribution in [1.29, 1.82) is 0 Å². The van der Waals surface area contributed by atoms with Gasteiger partial charge in [-0.2, -0.15) is 14.6 Å². The van der Waals surface area contributed by atoms with Gasteiger partial charge in [0.1, 0.15) is 30.3 Å². The maximum absolute atomic E-state index is 13.9. The molecule has 5 rings (SSSR count). The van der Waals surface area contributed by atoms with E-state index in [9.17, 15) is 14.4 Å². The first-order valence-electron chi connectivity index (χ1n) is 15.7. The summed E-state index contributed by atoms with van der Waals surface area (Å²) in [5, 5.41) is 4.47. The van der Waals surface area contributed by atoms with Crippen molar-refractivity contribution in [2.75, 3.05) is 24.6 Å². The number of carbonyl (C=O) groups excluding carboxylic acids is 3. The first-order valence-corrected chi connectivity index (χ1v) is 15.7. The highest BCUT2D eigenvalue weighted by Gasteiger charge is 2.36. The Labute approximate surface area is 274 Å². The first-order chi connectivity index (χ1) is 22.6. The number of carbonyl (C=O) groups is 3. The fourth-order valence-electron chi connectivity index (χ4n) is 5.46. The molecule has 0 spiro atoms.